The maximum absolute atomic E-state index is 10.4. The van der Waals surface area contributed by atoms with Gasteiger partial charge in [0.25, 0.3) is 0 Å². The first kappa shape index (κ1) is 17.2. The van der Waals surface area contributed by atoms with Crippen LogP contribution in [-0.4, -0.2) is 25.7 Å². The third-order valence-electron chi connectivity index (χ3n) is 1.91. The van der Waals surface area contributed by atoms with Gasteiger partial charge in [-0.1, -0.05) is 29.8 Å². The molecule has 1 rings (SSSR count). The number of halogens is 1. The lowest BCUT2D eigenvalue weighted by molar-refractivity contribution is -0.115. The molecule has 1 aromatic carbocycles. The van der Waals surface area contributed by atoms with Crippen LogP contribution in [0.2, 0.25) is 5.02 Å². The van der Waals surface area contributed by atoms with Crippen LogP contribution in [0.3, 0.4) is 0 Å². The molecule has 1 aromatic rings. The first-order valence-corrected chi connectivity index (χ1v) is 5.71. The van der Waals surface area contributed by atoms with Crippen molar-refractivity contribution in [3.8, 4) is 0 Å². The number of amides is 2. The van der Waals surface area contributed by atoms with E-state index >= 15 is 0 Å². The zero-order valence-electron chi connectivity index (χ0n) is 10.8. The van der Waals surface area contributed by atoms with Crippen molar-refractivity contribution >= 4 is 23.6 Å². The summed E-state index contributed by atoms with van der Waals surface area (Å²) in [5.74, 6) is -0.333. The second kappa shape index (κ2) is 9.18. The zero-order chi connectivity index (χ0) is 14.8. The summed E-state index contributed by atoms with van der Waals surface area (Å²) in [6, 6.07) is 7.19. The molecule has 1 atom stereocenters. The molecular weight excluding hydrogens is 272 g/mol. The Bertz CT molecular complexity index is 422. The molecule has 19 heavy (non-hydrogen) atoms. The Balaban J connectivity index is 0.000000711. The molecule has 0 radical (unpaired) electrons. The summed E-state index contributed by atoms with van der Waals surface area (Å²) < 4.78 is 9.81. The third-order valence-corrected chi connectivity index (χ3v) is 2.26. The number of benzene rings is 1. The number of ether oxygens (including phenoxy) is 2. The Morgan fingerprint density at radius 1 is 1.32 bits per heavy atom. The van der Waals surface area contributed by atoms with Gasteiger partial charge in [-0.15, -0.1) is 0 Å². The number of hydrogen-bond donors (Lipinski definition) is 2. The minimum absolute atomic E-state index is 0.0512. The van der Waals surface area contributed by atoms with Crippen molar-refractivity contribution in [3.63, 3.8) is 0 Å². The molecule has 0 aliphatic rings. The number of carbonyl (C=O) groups is 2. The highest BCUT2D eigenvalue weighted by atomic mass is 35.5. The first-order chi connectivity index (χ1) is 8.88. The van der Waals surface area contributed by atoms with E-state index < -0.39 is 12.2 Å². The van der Waals surface area contributed by atoms with Gasteiger partial charge in [0.05, 0.1) is 0 Å². The number of nitrogens with two attached hydrogens (primary N) is 2. The fourth-order valence-corrected chi connectivity index (χ4v) is 1.44. The summed E-state index contributed by atoms with van der Waals surface area (Å²) in [5, 5.41) is 0.567. The minimum atomic E-state index is -0.830. The fraction of sp³-hybridized carbons (Fsp3) is 0.333. The van der Waals surface area contributed by atoms with E-state index in [1.54, 1.807) is 12.1 Å². The van der Waals surface area contributed by atoms with E-state index in [1.807, 2.05) is 12.1 Å². The van der Waals surface area contributed by atoms with E-state index in [-0.39, 0.29) is 12.5 Å². The van der Waals surface area contributed by atoms with Gasteiger partial charge < -0.3 is 20.9 Å². The van der Waals surface area contributed by atoms with E-state index in [1.165, 1.54) is 14.0 Å². The van der Waals surface area contributed by atoms with Crippen LogP contribution in [0.1, 0.15) is 18.6 Å². The SMILES string of the molecule is CC(N)=O.COC(COC(N)=O)c1ccccc1Cl. The Morgan fingerprint density at radius 3 is 2.26 bits per heavy atom. The largest absolute Gasteiger partial charge is 0.447 e. The Hall–Kier alpha value is -1.79. The van der Waals surface area contributed by atoms with Crippen LogP contribution < -0.4 is 11.5 Å². The molecule has 0 fully saturated rings. The van der Waals surface area contributed by atoms with Crippen molar-refractivity contribution in [2.45, 2.75) is 13.0 Å². The molecule has 0 bridgehead atoms. The molecule has 0 saturated carbocycles. The number of carbonyl (C=O) groups excluding carboxylic acids is 2. The van der Waals surface area contributed by atoms with Crippen molar-refractivity contribution < 1.29 is 19.1 Å². The fourth-order valence-electron chi connectivity index (χ4n) is 1.18. The minimum Gasteiger partial charge on any atom is -0.447 e. The lowest BCUT2D eigenvalue weighted by Crippen LogP contribution is -2.19. The highest BCUT2D eigenvalue weighted by molar-refractivity contribution is 6.31. The molecule has 0 aromatic heterocycles. The van der Waals surface area contributed by atoms with Crippen LogP contribution in [0.4, 0.5) is 4.79 Å². The summed E-state index contributed by atoms with van der Waals surface area (Å²) in [5.41, 5.74) is 10.1. The van der Waals surface area contributed by atoms with Crippen LogP contribution in [0, 0.1) is 0 Å². The molecule has 0 spiro atoms. The zero-order valence-corrected chi connectivity index (χ0v) is 11.5. The molecule has 106 valence electrons. The Morgan fingerprint density at radius 2 is 1.84 bits per heavy atom. The van der Waals surface area contributed by atoms with E-state index in [0.717, 1.165) is 5.56 Å². The average molecular weight is 289 g/mol. The van der Waals surface area contributed by atoms with Gasteiger partial charge in [0, 0.05) is 24.6 Å². The average Bonchev–Trinajstić information content (AvgIpc) is 2.31. The molecule has 0 aliphatic carbocycles. The number of primary amides is 2. The molecule has 0 saturated heterocycles. The highest BCUT2D eigenvalue weighted by Gasteiger charge is 2.14. The summed E-state index contributed by atoms with van der Waals surface area (Å²) in [4.78, 5) is 19.7. The van der Waals surface area contributed by atoms with Crippen molar-refractivity contribution in [3.05, 3.63) is 34.9 Å². The topological polar surface area (TPSA) is 105 Å². The summed E-state index contributed by atoms with van der Waals surface area (Å²) >= 11 is 5.96. The summed E-state index contributed by atoms with van der Waals surface area (Å²) in [6.07, 6.45) is -1.23. The van der Waals surface area contributed by atoms with Crippen LogP contribution in [-0.2, 0) is 14.3 Å². The van der Waals surface area contributed by atoms with Crippen molar-refractivity contribution in [1.29, 1.82) is 0 Å². The van der Waals surface area contributed by atoms with Gasteiger partial charge in [-0.05, 0) is 6.07 Å². The van der Waals surface area contributed by atoms with Gasteiger partial charge in [-0.2, -0.15) is 0 Å². The standard InChI is InChI=1S/C10H12ClNO3.C2H5NO/c1-14-9(6-15-10(12)13)7-4-2-3-5-8(7)11;1-2(3)4/h2-5,9H,6H2,1H3,(H2,12,13);1H3,(H2,3,4). The number of methoxy groups -OCH3 is 1. The van der Waals surface area contributed by atoms with Crippen molar-refractivity contribution in [2.24, 2.45) is 11.5 Å². The van der Waals surface area contributed by atoms with E-state index in [0.29, 0.717) is 5.02 Å². The predicted octanol–water partition coefficient (Wildman–Crippen LogP) is 1.61. The van der Waals surface area contributed by atoms with E-state index in [9.17, 15) is 9.59 Å². The first-order valence-electron chi connectivity index (χ1n) is 5.34. The van der Waals surface area contributed by atoms with Gasteiger partial charge in [0.15, 0.2) is 0 Å². The molecular formula is C12H17ClN2O4. The molecule has 4 N–H and O–H groups in total. The van der Waals surface area contributed by atoms with E-state index in [2.05, 4.69) is 10.5 Å². The maximum atomic E-state index is 10.4. The highest BCUT2D eigenvalue weighted by Crippen LogP contribution is 2.24. The molecule has 7 heteroatoms. The van der Waals surface area contributed by atoms with Crippen LogP contribution >= 0.6 is 11.6 Å². The quantitative estimate of drug-likeness (QED) is 0.878. The number of rotatable bonds is 4. The van der Waals surface area contributed by atoms with Crippen molar-refractivity contribution in [1.82, 2.24) is 0 Å². The van der Waals surface area contributed by atoms with E-state index in [4.69, 9.17) is 22.1 Å². The van der Waals surface area contributed by atoms with Crippen LogP contribution in [0.5, 0.6) is 0 Å². The Labute approximate surface area is 116 Å². The maximum Gasteiger partial charge on any atom is 0.404 e. The van der Waals surface area contributed by atoms with Crippen molar-refractivity contribution in [2.75, 3.05) is 13.7 Å². The summed E-state index contributed by atoms with van der Waals surface area (Å²) in [7, 11) is 1.51. The van der Waals surface area contributed by atoms with Gasteiger partial charge in [0.1, 0.15) is 12.7 Å². The van der Waals surface area contributed by atoms with Crippen LogP contribution in [0.15, 0.2) is 24.3 Å². The Kier molecular flexibility index (Phi) is 8.32. The summed E-state index contributed by atoms with van der Waals surface area (Å²) in [6.45, 7) is 1.36. The monoisotopic (exact) mass is 288 g/mol. The molecule has 2 amide bonds. The number of hydrogen-bond acceptors (Lipinski definition) is 4. The van der Waals surface area contributed by atoms with Gasteiger partial charge in [-0.25, -0.2) is 4.79 Å². The second-order valence-corrected chi connectivity index (χ2v) is 3.89. The van der Waals surface area contributed by atoms with Gasteiger partial charge in [-0.3, -0.25) is 4.79 Å². The molecule has 6 nitrogen and oxygen atoms in total. The lowest BCUT2D eigenvalue weighted by atomic mass is 10.1. The predicted molar refractivity (Wildman–Crippen MR) is 71.6 cm³/mol. The van der Waals surface area contributed by atoms with Gasteiger partial charge in [0.2, 0.25) is 5.91 Å². The second-order valence-electron chi connectivity index (χ2n) is 3.49. The molecule has 0 heterocycles. The molecule has 1 unspecified atom stereocenters. The van der Waals surface area contributed by atoms with Crippen LogP contribution in [0.25, 0.3) is 0 Å². The smallest absolute Gasteiger partial charge is 0.404 e. The van der Waals surface area contributed by atoms with Gasteiger partial charge >= 0.3 is 6.09 Å². The lowest BCUT2D eigenvalue weighted by Gasteiger charge is -2.16. The molecule has 0 aliphatic heterocycles. The third kappa shape index (κ3) is 8.01. The normalized spacial score (nSPS) is 10.9.